The summed E-state index contributed by atoms with van der Waals surface area (Å²) in [7, 11) is 0. The Hall–Kier alpha value is -0.900. The Kier molecular flexibility index (Phi) is 5.12. The van der Waals surface area contributed by atoms with Gasteiger partial charge >= 0.3 is 6.36 Å². The molecule has 0 N–H and O–H groups in total. The molecular weight excluding hydrogens is 253 g/mol. The average Bonchev–Trinajstić information content (AvgIpc) is 2.25. The third-order valence-electron chi connectivity index (χ3n) is 2.37. The first-order valence-electron chi connectivity index (χ1n) is 5.39. The molecule has 1 aromatic carbocycles. The van der Waals surface area contributed by atoms with Crippen molar-refractivity contribution in [3.63, 3.8) is 0 Å². The van der Waals surface area contributed by atoms with E-state index in [2.05, 4.69) is 4.74 Å². The van der Waals surface area contributed by atoms with Crippen LogP contribution in [-0.2, 0) is 12.8 Å². The second-order valence-electron chi connectivity index (χ2n) is 3.62. The van der Waals surface area contributed by atoms with Crippen LogP contribution in [-0.4, -0.2) is 12.2 Å². The van der Waals surface area contributed by atoms with E-state index < -0.39 is 6.36 Å². The molecule has 17 heavy (non-hydrogen) atoms. The van der Waals surface area contributed by atoms with Crippen molar-refractivity contribution < 1.29 is 17.9 Å². The second kappa shape index (κ2) is 6.15. The summed E-state index contributed by atoms with van der Waals surface area (Å²) < 4.78 is 40.0. The van der Waals surface area contributed by atoms with Crippen LogP contribution in [0.4, 0.5) is 13.2 Å². The highest BCUT2D eigenvalue weighted by molar-refractivity contribution is 6.17. The van der Waals surface area contributed by atoms with E-state index in [0.717, 1.165) is 24.0 Å². The quantitative estimate of drug-likeness (QED) is 0.721. The fraction of sp³-hybridized carbons (Fsp3) is 0.500. The van der Waals surface area contributed by atoms with Crippen molar-refractivity contribution in [2.24, 2.45) is 0 Å². The van der Waals surface area contributed by atoms with Crippen LogP contribution in [0.5, 0.6) is 5.75 Å². The summed E-state index contributed by atoms with van der Waals surface area (Å²) in [6, 6.07) is 4.46. The largest absolute Gasteiger partial charge is 0.573 e. The highest BCUT2D eigenvalue weighted by atomic mass is 35.5. The van der Waals surface area contributed by atoms with Crippen molar-refractivity contribution in [2.75, 3.05) is 5.88 Å². The van der Waals surface area contributed by atoms with Crippen LogP contribution in [0.3, 0.4) is 0 Å². The van der Waals surface area contributed by atoms with Gasteiger partial charge in [0.2, 0.25) is 0 Å². The summed E-state index contributed by atoms with van der Waals surface area (Å²) in [6.07, 6.45) is -2.37. The number of hydrogen-bond donors (Lipinski definition) is 0. The second-order valence-corrected chi connectivity index (χ2v) is 4.00. The van der Waals surface area contributed by atoms with E-state index in [0.29, 0.717) is 12.3 Å². The Morgan fingerprint density at radius 3 is 2.47 bits per heavy atom. The lowest BCUT2D eigenvalue weighted by Gasteiger charge is -2.12. The minimum atomic E-state index is -4.64. The molecule has 0 saturated carbocycles. The number of halogens is 4. The van der Waals surface area contributed by atoms with E-state index in [1.165, 1.54) is 12.1 Å². The van der Waals surface area contributed by atoms with Gasteiger partial charge in [0, 0.05) is 5.88 Å². The maximum atomic E-state index is 12.0. The van der Waals surface area contributed by atoms with E-state index in [-0.39, 0.29) is 5.75 Å². The summed E-state index contributed by atoms with van der Waals surface area (Å²) in [6.45, 7) is 1.90. The molecule has 96 valence electrons. The van der Waals surface area contributed by atoms with Gasteiger partial charge in [0.05, 0.1) is 0 Å². The van der Waals surface area contributed by atoms with Gasteiger partial charge < -0.3 is 4.74 Å². The molecule has 0 heterocycles. The van der Waals surface area contributed by atoms with Crippen LogP contribution in [0.15, 0.2) is 18.2 Å². The lowest BCUT2D eigenvalue weighted by molar-refractivity contribution is -0.274. The van der Waals surface area contributed by atoms with Crippen LogP contribution in [0.2, 0.25) is 0 Å². The SMILES string of the molecule is CCc1cc(OC(F)(F)F)ccc1CCCCl. The van der Waals surface area contributed by atoms with Gasteiger partial charge in [0.25, 0.3) is 0 Å². The molecular formula is C12H14ClF3O. The van der Waals surface area contributed by atoms with Gasteiger partial charge in [-0.2, -0.15) is 0 Å². The van der Waals surface area contributed by atoms with Crippen LogP contribution in [0, 0.1) is 0 Å². The zero-order valence-electron chi connectivity index (χ0n) is 9.48. The standard InChI is InChI=1S/C12H14ClF3O/c1-2-9-8-11(17-12(14,15)16)6-5-10(9)4-3-7-13/h5-6,8H,2-4,7H2,1H3. The molecule has 0 saturated heterocycles. The molecule has 0 atom stereocenters. The summed E-state index contributed by atoms with van der Waals surface area (Å²) >= 11 is 5.59. The van der Waals surface area contributed by atoms with Crippen LogP contribution < -0.4 is 4.74 Å². The molecule has 5 heteroatoms. The van der Waals surface area contributed by atoms with Gasteiger partial charge in [-0.15, -0.1) is 24.8 Å². The van der Waals surface area contributed by atoms with Gasteiger partial charge in [-0.1, -0.05) is 13.0 Å². The molecule has 0 aliphatic heterocycles. The van der Waals surface area contributed by atoms with Crippen molar-refractivity contribution >= 4 is 11.6 Å². The Labute approximate surface area is 104 Å². The molecule has 0 fully saturated rings. The lowest BCUT2D eigenvalue weighted by atomic mass is 10.0. The molecule has 0 spiro atoms. The molecule has 1 nitrogen and oxygen atoms in total. The zero-order chi connectivity index (χ0) is 12.9. The fourth-order valence-electron chi connectivity index (χ4n) is 1.63. The Morgan fingerprint density at radius 1 is 1.24 bits per heavy atom. The van der Waals surface area contributed by atoms with Crippen LogP contribution >= 0.6 is 11.6 Å². The van der Waals surface area contributed by atoms with Crippen LogP contribution in [0.25, 0.3) is 0 Å². The van der Waals surface area contributed by atoms with Crippen molar-refractivity contribution in [2.45, 2.75) is 32.5 Å². The van der Waals surface area contributed by atoms with Crippen molar-refractivity contribution in [3.05, 3.63) is 29.3 Å². The highest BCUT2D eigenvalue weighted by Gasteiger charge is 2.31. The van der Waals surface area contributed by atoms with Gasteiger partial charge in [-0.25, -0.2) is 0 Å². The van der Waals surface area contributed by atoms with Gasteiger partial charge in [-0.05, 0) is 42.5 Å². The first-order chi connectivity index (χ1) is 7.96. The van der Waals surface area contributed by atoms with E-state index in [9.17, 15) is 13.2 Å². The molecule has 0 bridgehead atoms. The lowest BCUT2D eigenvalue weighted by Crippen LogP contribution is -2.17. The maximum Gasteiger partial charge on any atom is 0.573 e. The summed E-state index contributed by atoms with van der Waals surface area (Å²) in [4.78, 5) is 0. The summed E-state index contributed by atoms with van der Waals surface area (Å²) in [5.74, 6) is 0.383. The van der Waals surface area contributed by atoms with E-state index in [1.807, 2.05) is 6.92 Å². The minimum absolute atomic E-state index is 0.163. The van der Waals surface area contributed by atoms with Crippen molar-refractivity contribution in [1.29, 1.82) is 0 Å². The first kappa shape index (κ1) is 14.2. The topological polar surface area (TPSA) is 9.23 Å². The summed E-state index contributed by atoms with van der Waals surface area (Å²) in [5, 5.41) is 0. The molecule has 1 aromatic rings. The first-order valence-corrected chi connectivity index (χ1v) is 5.93. The molecule has 0 aromatic heterocycles. The molecule has 0 radical (unpaired) electrons. The predicted octanol–water partition coefficient (Wildman–Crippen LogP) is 4.32. The third-order valence-corrected chi connectivity index (χ3v) is 2.64. The highest BCUT2D eigenvalue weighted by Crippen LogP contribution is 2.25. The Morgan fingerprint density at radius 2 is 1.94 bits per heavy atom. The maximum absolute atomic E-state index is 12.0. The number of hydrogen-bond acceptors (Lipinski definition) is 1. The third kappa shape index (κ3) is 4.86. The number of benzene rings is 1. The molecule has 0 unspecified atom stereocenters. The van der Waals surface area contributed by atoms with Crippen molar-refractivity contribution in [3.8, 4) is 5.75 Å². The number of alkyl halides is 4. The predicted molar refractivity (Wildman–Crippen MR) is 61.5 cm³/mol. The van der Waals surface area contributed by atoms with Gasteiger partial charge in [0.15, 0.2) is 0 Å². The summed E-state index contributed by atoms with van der Waals surface area (Å²) in [5.41, 5.74) is 1.90. The minimum Gasteiger partial charge on any atom is -0.406 e. The smallest absolute Gasteiger partial charge is 0.406 e. The molecule has 1 rings (SSSR count). The van der Waals surface area contributed by atoms with Gasteiger partial charge in [-0.3, -0.25) is 0 Å². The van der Waals surface area contributed by atoms with Gasteiger partial charge in [0.1, 0.15) is 5.75 Å². The number of aryl methyl sites for hydroxylation is 2. The number of rotatable bonds is 5. The number of ether oxygens (including phenoxy) is 1. The zero-order valence-corrected chi connectivity index (χ0v) is 10.2. The van der Waals surface area contributed by atoms with E-state index in [4.69, 9.17) is 11.6 Å². The van der Waals surface area contributed by atoms with Crippen LogP contribution in [0.1, 0.15) is 24.5 Å². The van der Waals surface area contributed by atoms with E-state index >= 15 is 0 Å². The Balaban J connectivity index is 2.84. The molecule has 0 aliphatic rings. The molecule has 0 aliphatic carbocycles. The molecule has 0 amide bonds. The van der Waals surface area contributed by atoms with E-state index in [1.54, 1.807) is 6.07 Å². The average molecular weight is 267 g/mol. The fourth-order valence-corrected chi connectivity index (χ4v) is 1.76. The Bertz CT molecular complexity index is 363. The monoisotopic (exact) mass is 266 g/mol. The normalized spacial score (nSPS) is 11.6. The van der Waals surface area contributed by atoms with Crippen molar-refractivity contribution in [1.82, 2.24) is 0 Å².